The van der Waals surface area contributed by atoms with Gasteiger partial charge in [0.25, 0.3) is 0 Å². The van der Waals surface area contributed by atoms with E-state index in [2.05, 4.69) is 15.9 Å². The minimum Gasteiger partial charge on any atom is -0.399 e. The monoisotopic (exact) mass is 321 g/mol. The third-order valence-corrected chi connectivity index (χ3v) is 3.28. The summed E-state index contributed by atoms with van der Waals surface area (Å²) in [6, 6.07) is 11.9. The molecule has 0 spiro atoms. The molecule has 0 saturated carbocycles. The Hall–Kier alpha value is -1.68. The summed E-state index contributed by atoms with van der Waals surface area (Å²) in [6.07, 6.45) is 0.388. The molecule has 4 heteroatoms. The van der Waals surface area contributed by atoms with E-state index >= 15 is 0 Å². The number of nitrogens with two attached hydrogens (primary N) is 1. The highest BCUT2D eigenvalue weighted by molar-refractivity contribution is 9.10. The third-order valence-electron chi connectivity index (χ3n) is 2.78. The van der Waals surface area contributed by atoms with Crippen LogP contribution in [0.3, 0.4) is 0 Å². The van der Waals surface area contributed by atoms with Crippen LogP contribution in [-0.2, 0) is 17.6 Å². The molecule has 2 aromatic rings. The number of carbonyl (C=O) groups excluding carboxylic acids is 1. The molecule has 2 aromatic carbocycles. The molecular weight excluding hydrogens is 309 g/mol. The van der Waals surface area contributed by atoms with Gasteiger partial charge >= 0.3 is 0 Å². The van der Waals surface area contributed by atoms with Crippen LogP contribution in [0.25, 0.3) is 0 Å². The van der Waals surface area contributed by atoms with Crippen LogP contribution in [-0.4, -0.2) is 5.78 Å². The van der Waals surface area contributed by atoms with Gasteiger partial charge in [-0.2, -0.15) is 0 Å². The van der Waals surface area contributed by atoms with E-state index in [0.29, 0.717) is 15.7 Å². The Morgan fingerprint density at radius 1 is 1.11 bits per heavy atom. The van der Waals surface area contributed by atoms with E-state index in [0.717, 1.165) is 5.56 Å². The Bertz CT molecular complexity index is 596. The van der Waals surface area contributed by atoms with Crippen molar-refractivity contribution in [3.63, 3.8) is 0 Å². The van der Waals surface area contributed by atoms with E-state index in [9.17, 15) is 9.18 Å². The number of ketones is 1. The average molecular weight is 322 g/mol. The number of halogens is 2. The minimum absolute atomic E-state index is 0.0222. The Balaban J connectivity index is 2.03. The van der Waals surface area contributed by atoms with Gasteiger partial charge in [0, 0.05) is 23.0 Å². The SMILES string of the molecule is Nc1ccc(CC(=O)Cc2ccc(Br)cc2F)cc1. The standard InChI is InChI=1S/C15H13BrFNO/c16-12-4-3-11(15(17)9-12)8-14(19)7-10-1-5-13(18)6-2-10/h1-6,9H,7-8,18H2. The molecule has 0 bridgehead atoms. The van der Waals surface area contributed by atoms with Crippen molar-refractivity contribution in [3.8, 4) is 0 Å². The molecule has 0 aliphatic rings. The second-order valence-electron chi connectivity index (χ2n) is 4.37. The van der Waals surface area contributed by atoms with Crippen LogP contribution >= 0.6 is 15.9 Å². The first-order valence-corrected chi connectivity index (χ1v) is 6.64. The fourth-order valence-electron chi connectivity index (χ4n) is 1.80. The average Bonchev–Trinajstić information content (AvgIpc) is 2.36. The van der Waals surface area contributed by atoms with Crippen molar-refractivity contribution in [1.82, 2.24) is 0 Å². The summed E-state index contributed by atoms with van der Waals surface area (Å²) in [4.78, 5) is 11.9. The lowest BCUT2D eigenvalue weighted by Crippen LogP contribution is -2.08. The molecule has 0 aliphatic heterocycles. The number of carbonyl (C=O) groups is 1. The van der Waals surface area contributed by atoms with Crippen molar-refractivity contribution in [2.24, 2.45) is 0 Å². The maximum atomic E-state index is 13.6. The number of anilines is 1. The van der Waals surface area contributed by atoms with E-state index in [4.69, 9.17) is 5.73 Å². The van der Waals surface area contributed by atoms with Gasteiger partial charge in [-0.15, -0.1) is 0 Å². The zero-order chi connectivity index (χ0) is 13.8. The zero-order valence-corrected chi connectivity index (χ0v) is 11.8. The van der Waals surface area contributed by atoms with Crippen LogP contribution in [0.15, 0.2) is 46.9 Å². The Morgan fingerprint density at radius 2 is 1.79 bits per heavy atom. The highest BCUT2D eigenvalue weighted by atomic mass is 79.9. The molecule has 0 radical (unpaired) electrons. The summed E-state index contributed by atoms with van der Waals surface area (Å²) >= 11 is 3.19. The van der Waals surface area contributed by atoms with Crippen LogP contribution in [0.1, 0.15) is 11.1 Å². The third kappa shape index (κ3) is 3.89. The molecule has 0 heterocycles. The van der Waals surface area contributed by atoms with Gasteiger partial charge in [-0.05, 0) is 35.4 Å². The van der Waals surface area contributed by atoms with E-state index < -0.39 is 0 Å². The van der Waals surface area contributed by atoms with Crippen molar-refractivity contribution < 1.29 is 9.18 Å². The van der Waals surface area contributed by atoms with E-state index in [-0.39, 0.29) is 24.4 Å². The summed E-state index contributed by atoms with van der Waals surface area (Å²) in [7, 11) is 0. The second-order valence-corrected chi connectivity index (χ2v) is 5.29. The number of benzene rings is 2. The molecule has 2 N–H and O–H groups in total. The Labute approximate surface area is 119 Å². The smallest absolute Gasteiger partial charge is 0.141 e. The van der Waals surface area contributed by atoms with Gasteiger partial charge in [0.05, 0.1) is 0 Å². The molecule has 0 fully saturated rings. The highest BCUT2D eigenvalue weighted by Gasteiger charge is 2.09. The topological polar surface area (TPSA) is 43.1 Å². The fourth-order valence-corrected chi connectivity index (χ4v) is 2.14. The number of nitrogen functional groups attached to an aromatic ring is 1. The summed E-state index contributed by atoms with van der Waals surface area (Å²) in [6.45, 7) is 0. The van der Waals surface area contributed by atoms with Crippen molar-refractivity contribution in [2.75, 3.05) is 5.73 Å². The molecule has 0 aliphatic carbocycles. The van der Waals surface area contributed by atoms with Gasteiger partial charge < -0.3 is 5.73 Å². The predicted molar refractivity (Wildman–Crippen MR) is 77.4 cm³/mol. The van der Waals surface area contributed by atoms with Crippen LogP contribution in [0.2, 0.25) is 0 Å². The molecule has 2 nitrogen and oxygen atoms in total. The van der Waals surface area contributed by atoms with Crippen LogP contribution in [0.5, 0.6) is 0 Å². The molecule has 2 rings (SSSR count). The zero-order valence-electron chi connectivity index (χ0n) is 10.2. The summed E-state index contributed by atoms with van der Waals surface area (Å²) in [5.74, 6) is -0.383. The second kappa shape index (κ2) is 5.97. The van der Waals surface area contributed by atoms with Crippen molar-refractivity contribution >= 4 is 27.4 Å². The molecule has 0 amide bonds. The molecular formula is C15H13BrFNO. The quantitative estimate of drug-likeness (QED) is 0.875. The molecule has 19 heavy (non-hydrogen) atoms. The molecule has 98 valence electrons. The van der Waals surface area contributed by atoms with Gasteiger partial charge in [0.15, 0.2) is 0 Å². The molecule has 0 unspecified atom stereocenters. The van der Waals surface area contributed by atoms with Gasteiger partial charge in [0.1, 0.15) is 11.6 Å². The maximum absolute atomic E-state index is 13.6. The van der Waals surface area contributed by atoms with Gasteiger partial charge in [-0.25, -0.2) is 4.39 Å². The highest BCUT2D eigenvalue weighted by Crippen LogP contribution is 2.16. The minimum atomic E-state index is -0.361. The lowest BCUT2D eigenvalue weighted by Gasteiger charge is -2.04. The summed E-state index contributed by atoms with van der Waals surface area (Å²) < 4.78 is 14.3. The number of Topliss-reactive ketones (excluding diaryl/α,β-unsaturated/α-hetero) is 1. The van der Waals surface area contributed by atoms with E-state index in [1.807, 2.05) is 12.1 Å². The molecule has 0 aromatic heterocycles. The van der Waals surface area contributed by atoms with Crippen LogP contribution in [0.4, 0.5) is 10.1 Å². The fraction of sp³-hybridized carbons (Fsp3) is 0.133. The molecule has 0 atom stereocenters. The Kier molecular flexibility index (Phi) is 4.32. The van der Waals surface area contributed by atoms with Crippen molar-refractivity contribution in [2.45, 2.75) is 12.8 Å². The predicted octanol–water partition coefficient (Wildman–Crippen LogP) is 3.52. The lowest BCUT2D eigenvalue weighted by molar-refractivity contribution is -0.117. The van der Waals surface area contributed by atoms with Crippen LogP contribution < -0.4 is 5.73 Å². The van der Waals surface area contributed by atoms with Crippen molar-refractivity contribution in [3.05, 3.63) is 63.9 Å². The normalized spacial score (nSPS) is 10.4. The molecule has 0 saturated heterocycles. The summed E-state index contributed by atoms with van der Waals surface area (Å²) in [5.41, 5.74) is 7.54. The van der Waals surface area contributed by atoms with Crippen molar-refractivity contribution in [1.29, 1.82) is 0 Å². The van der Waals surface area contributed by atoms with Gasteiger partial charge in [-0.1, -0.05) is 34.1 Å². The van der Waals surface area contributed by atoms with E-state index in [1.54, 1.807) is 24.3 Å². The van der Waals surface area contributed by atoms with Crippen LogP contribution in [0, 0.1) is 5.82 Å². The summed E-state index contributed by atoms with van der Waals surface area (Å²) in [5, 5.41) is 0. The maximum Gasteiger partial charge on any atom is 0.141 e. The Morgan fingerprint density at radius 3 is 2.42 bits per heavy atom. The van der Waals surface area contributed by atoms with E-state index in [1.165, 1.54) is 6.07 Å². The first kappa shape index (κ1) is 13.7. The first-order valence-electron chi connectivity index (χ1n) is 5.84. The largest absolute Gasteiger partial charge is 0.399 e. The number of hydrogen-bond acceptors (Lipinski definition) is 2. The number of hydrogen-bond donors (Lipinski definition) is 1. The van der Waals surface area contributed by atoms with Gasteiger partial charge in [-0.3, -0.25) is 4.79 Å². The number of rotatable bonds is 4. The van der Waals surface area contributed by atoms with Gasteiger partial charge in [0.2, 0.25) is 0 Å². The first-order chi connectivity index (χ1) is 9.04. The lowest BCUT2D eigenvalue weighted by atomic mass is 10.0.